The molecule has 0 aliphatic heterocycles. The number of ether oxygens (including phenoxy) is 1. The SMILES string of the molecule is COCCn1nnc(CN)c1C1CCC1. The normalized spacial score (nSPS) is 16.7. The Morgan fingerprint density at radius 2 is 2.33 bits per heavy atom. The second-order valence-corrected chi connectivity index (χ2v) is 3.97. The Labute approximate surface area is 89.6 Å². The van der Waals surface area contributed by atoms with Crippen molar-refractivity contribution in [2.75, 3.05) is 13.7 Å². The lowest BCUT2D eigenvalue weighted by Gasteiger charge is -2.26. The first kappa shape index (κ1) is 10.6. The number of nitrogens with two attached hydrogens (primary N) is 1. The van der Waals surface area contributed by atoms with E-state index in [1.54, 1.807) is 7.11 Å². The van der Waals surface area contributed by atoms with E-state index >= 15 is 0 Å². The Morgan fingerprint density at radius 1 is 1.53 bits per heavy atom. The van der Waals surface area contributed by atoms with Gasteiger partial charge in [-0.05, 0) is 12.8 Å². The van der Waals surface area contributed by atoms with Gasteiger partial charge in [-0.25, -0.2) is 4.68 Å². The summed E-state index contributed by atoms with van der Waals surface area (Å²) in [5.41, 5.74) is 7.85. The molecule has 1 aliphatic carbocycles. The van der Waals surface area contributed by atoms with Crippen molar-refractivity contribution in [1.29, 1.82) is 0 Å². The molecule has 0 bridgehead atoms. The highest BCUT2D eigenvalue weighted by Crippen LogP contribution is 2.37. The molecular weight excluding hydrogens is 192 g/mol. The molecule has 1 saturated carbocycles. The van der Waals surface area contributed by atoms with Crippen molar-refractivity contribution < 1.29 is 4.74 Å². The summed E-state index contributed by atoms with van der Waals surface area (Å²) < 4.78 is 7.01. The number of aromatic nitrogens is 3. The summed E-state index contributed by atoms with van der Waals surface area (Å²) in [5, 5.41) is 8.26. The van der Waals surface area contributed by atoms with Gasteiger partial charge in [0.1, 0.15) is 0 Å². The first-order valence-electron chi connectivity index (χ1n) is 5.48. The van der Waals surface area contributed by atoms with E-state index in [4.69, 9.17) is 10.5 Å². The fourth-order valence-corrected chi connectivity index (χ4v) is 1.97. The molecule has 0 unspecified atom stereocenters. The van der Waals surface area contributed by atoms with Crippen molar-refractivity contribution in [1.82, 2.24) is 15.0 Å². The molecule has 2 rings (SSSR count). The van der Waals surface area contributed by atoms with Crippen LogP contribution in [-0.4, -0.2) is 28.7 Å². The maximum Gasteiger partial charge on any atom is 0.0997 e. The quantitative estimate of drug-likeness (QED) is 0.775. The summed E-state index contributed by atoms with van der Waals surface area (Å²) in [6, 6.07) is 0. The summed E-state index contributed by atoms with van der Waals surface area (Å²) in [6.45, 7) is 1.93. The maximum absolute atomic E-state index is 5.66. The minimum absolute atomic E-state index is 0.485. The molecule has 5 heteroatoms. The van der Waals surface area contributed by atoms with Crippen LogP contribution < -0.4 is 5.73 Å². The second kappa shape index (κ2) is 4.72. The van der Waals surface area contributed by atoms with Gasteiger partial charge in [0.05, 0.1) is 24.5 Å². The van der Waals surface area contributed by atoms with Crippen molar-refractivity contribution in [2.45, 2.75) is 38.3 Å². The molecule has 5 nitrogen and oxygen atoms in total. The van der Waals surface area contributed by atoms with Gasteiger partial charge in [0.15, 0.2) is 0 Å². The highest BCUT2D eigenvalue weighted by molar-refractivity contribution is 5.17. The van der Waals surface area contributed by atoms with E-state index in [2.05, 4.69) is 10.3 Å². The third-order valence-electron chi connectivity index (χ3n) is 3.04. The summed E-state index contributed by atoms with van der Waals surface area (Å²) in [7, 11) is 1.70. The van der Waals surface area contributed by atoms with Gasteiger partial charge in [-0.15, -0.1) is 5.10 Å². The molecule has 0 saturated heterocycles. The van der Waals surface area contributed by atoms with Crippen molar-refractivity contribution in [3.05, 3.63) is 11.4 Å². The van der Waals surface area contributed by atoms with Crippen molar-refractivity contribution >= 4 is 0 Å². The van der Waals surface area contributed by atoms with Crippen molar-refractivity contribution in [3.63, 3.8) is 0 Å². The fourth-order valence-electron chi connectivity index (χ4n) is 1.97. The van der Waals surface area contributed by atoms with E-state index in [-0.39, 0.29) is 0 Å². The Balaban J connectivity index is 2.16. The fraction of sp³-hybridized carbons (Fsp3) is 0.800. The second-order valence-electron chi connectivity index (χ2n) is 3.97. The average molecular weight is 210 g/mol. The molecule has 1 heterocycles. The lowest BCUT2D eigenvalue weighted by Crippen LogP contribution is -2.19. The molecule has 1 aromatic heterocycles. The van der Waals surface area contributed by atoms with Crippen LogP contribution in [0.15, 0.2) is 0 Å². The first-order chi connectivity index (χ1) is 7.36. The summed E-state index contributed by atoms with van der Waals surface area (Å²) in [5.74, 6) is 0.621. The van der Waals surface area contributed by atoms with Gasteiger partial charge in [0.25, 0.3) is 0 Å². The zero-order valence-corrected chi connectivity index (χ0v) is 9.15. The van der Waals surface area contributed by atoms with E-state index in [0.29, 0.717) is 19.1 Å². The molecule has 0 radical (unpaired) electrons. The van der Waals surface area contributed by atoms with Crippen LogP contribution in [0.3, 0.4) is 0 Å². The van der Waals surface area contributed by atoms with Gasteiger partial charge < -0.3 is 10.5 Å². The Hall–Kier alpha value is -0.940. The number of nitrogens with zero attached hydrogens (tertiary/aromatic N) is 3. The van der Waals surface area contributed by atoms with Crippen LogP contribution in [0.2, 0.25) is 0 Å². The monoisotopic (exact) mass is 210 g/mol. The van der Waals surface area contributed by atoms with Gasteiger partial charge in [-0.2, -0.15) is 0 Å². The molecule has 0 aromatic carbocycles. The molecule has 15 heavy (non-hydrogen) atoms. The van der Waals surface area contributed by atoms with E-state index in [9.17, 15) is 0 Å². The molecular formula is C10H18N4O. The molecule has 1 aromatic rings. The topological polar surface area (TPSA) is 66.0 Å². The van der Waals surface area contributed by atoms with Gasteiger partial charge >= 0.3 is 0 Å². The van der Waals surface area contributed by atoms with Crippen molar-refractivity contribution in [3.8, 4) is 0 Å². The van der Waals surface area contributed by atoms with Crippen molar-refractivity contribution in [2.24, 2.45) is 5.73 Å². The molecule has 1 fully saturated rings. The third kappa shape index (κ3) is 2.03. The van der Waals surface area contributed by atoms with Crippen LogP contribution in [0.5, 0.6) is 0 Å². The summed E-state index contributed by atoms with van der Waals surface area (Å²) in [4.78, 5) is 0. The zero-order chi connectivity index (χ0) is 10.7. The van der Waals surface area contributed by atoms with E-state index < -0.39 is 0 Å². The third-order valence-corrected chi connectivity index (χ3v) is 3.04. The summed E-state index contributed by atoms with van der Waals surface area (Å²) >= 11 is 0. The van der Waals surface area contributed by atoms with Crippen LogP contribution in [0.25, 0.3) is 0 Å². The van der Waals surface area contributed by atoms with Crippen LogP contribution in [0.4, 0.5) is 0 Å². The van der Waals surface area contributed by atoms with Crippen LogP contribution in [0.1, 0.15) is 36.6 Å². The standard InChI is InChI=1S/C10H18N4O/c1-15-6-5-14-10(8-3-2-4-8)9(7-11)12-13-14/h8H,2-7,11H2,1H3. The molecule has 1 aliphatic rings. The lowest BCUT2D eigenvalue weighted by molar-refractivity contribution is 0.180. The minimum atomic E-state index is 0.485. The first-order valence-corrected chi connectivity index (χ1v) is 5.48. The number of hydrogen-bond acceptors (Lipinski definition) is 4. The van der Waals surface area contributed by atoms with Crippen LogP contribution >= 0.6 is 0 Å². The predicted octanol–water partition coefficient (Wildman–Crippen LogP) is 0.651. The lowest BCUT2D eigenvalue weighted by atomic mass is 9.82. The zero-order valence-electron chi connectivity index (χ0n) is 9.15. The number of methoxy groups -OCH3 is 1. The van der Waals surface area contributed by atoms with Gasteiger partial charge in [-0.1, -0.05) is 11.6 Å². The van der Waals surface area contributed by atoms with Gasteiger partial charge in [0.2, 0.25) is 0 Å². The smallest absolute Gasteiger partial charge is 0.0997 e. The highest BCUT2D eigenvalue weighted by Gasteiger charge is 2.26. The summed E-state index contributed by atoms with van der Waals surface area (Å²) in [6.07, 6.45) is 3.80. The number of hydrogen-bond donors (Lipinski definition) is 1. The molecule has 0 spiro atoms. The Morgan fingerprint density at radius 3 is 2.87 bits per heavy atom. The van der Waals surface area contributed by atoms with E-state index in [1.165, 1.54) is 25.0 Å². The largest absolute Gasteiger partial charge is 0.383 e. The molecule has 0 amide bonds. The van der Waals surface area contributed by atoms with Gasteiger partial charge in [-0.3, -0.25) is 0 Å². The Bertz CT molecular complexity index is 319. The molecule has 0 atom stereocenters. The minimum Gasteiger partial charge on any atom is -0.383 e. The maximum atomic E-state index is 5.66. The Kier molecular flexibility index (Phi) is 3.33. The molecule has 2 N–H and O–H groups in total. The van der Waals surface area contributed by atoms with E-state index in [1.807, 2.05) is 4.68 Å². The van der Waals surface area contributed by atoms with Gasteiger partial charge in [0, 0.05) is 19.6 Å². The van der Waals surface area contributed by atoms with E-state index in [0.717, 1.165) is 12.2 Å². The van der Waals surface area contributed by atoms with Crippen LogP contribution in [0, 0.1) is 0 Å². The highest BCUT2D eigenvalue weighted by atomic mass is 16.5. The average Bonchev–Trinajstić information content (AvgIpc) is 2.56. The van der Waals surface area contributed by atoms with Crippen LogP contribution in [-0.2, 0) is 17.8 Å². The number of rotatable bonds is 5. The molecule has 84 valence electrons. The predicted molar refractivity (Wildman–Crippen MR) is 56.4 cm³/mol.